The lowest BCUT2D eigenvalue weighted by Crippen LogP contribution is -2.52. The molecule has 0 aliphatic carbocycles. The van der Waals surface area contributed by atoms with E-state index in [-0.39, 0.29) is 11.6 Å². The van der Waals surface area contributed by atoms with Gasteiger partial charge in [0.05, 0.1) is 29.7 Å². The number of aromatic nitrogens is 1. The van der Waals surface area contributed by atoms with Crippen molar-refractivity contribution in [2.75, 3.05) is 18.5 Å². The molecule has 5 nitrogen and oxygen atoms in total. The van der Waals surface area contributed by atoms with E-state index in [4.69, 9.17) is 4.74 Å². The highest BCUT2D eigenvalue weighted by Crippen LogP contribution is 2.25. The van der Waals surface area contributed by atoms with Crippen LogP contribution >= 0.6 is 15.9 Å². The number of amides is 2. The Bertz CT molecular complexity index is 513. The smallest absolute Gasteiger partial charge is 0.319 e. The molecule has 0 bridgehead atoms. The first-order valence-corrected chi connectivity index (χ1v) is 7.49. The fraction of sp³-hybridized carbons (Fsp3) is 0.571. The summed E-state index contributed by atoms with van der Waals surface area (Å²) in [5, 5.41) is 5.84. The normalized spacial score (nSPS) is 22.4. The van der Waals surface area contributed by atoms with Gasteiger partial charge in [0.1, 0.15) is 0 Å². The number of anilines is 1. The van der Waals surface area contributed by atoms with Crippen LogP contribution in [0.2, 0.25) is 0 Å². The Morgan fingerprint density at radius 2 is 2.25 bits per heavy atom. The second kappa shape index (κ2) is 6.10. The van der Waals surface area contributed by atoms with Crippen molar-refractivity contribution in [1.29, 1.82) is 0 Å². The van der Waals surface area contributed by atoms with E-state index in [1.165, 1.54) is 0 Å². The molecule has 1 fully saturated rings. The first-order valence-electron chi connectivity index (χ1n) is 6.70. The Morgan fingerprint density at radius 3 is 2.90 bits per heavy atom. The number of ether oxygens (including phenoxy) is 1. The first-order chi connectivity index (χ1) is 9.41. The van der Waals surface area contributed by atoms with Crippen LogP contribution in [0.25, 0.3) is 0 Å². The summed E-state index contributed by atoms with van der Waals surface area (Å²) in [4.78, 5) is 16.4. The molecule has 110 valence electrons. The maximum Gasteiger partial charge on any atom is 0.319 e. The number of carbonyl (C=O) groups is 1. The van der Waals surface area contributed by atoms with Crippen molar-refractivity contribution in [3.63, 3.8) is 0 Å². The topological polar surface area (TPSA) is 63.2 Å². The standard InChI is InChI=1S/C14H20BrN3O2/c1-9-11(7-16-10(2)12(9)15)17-13(19)18-14(3)5-4-6-20-8-14/h7H,4-6,8H2,1-3H3,(H2,17,18,19). The van der Waals surface area contributed by atoms with E-state index < -0.39 is 0 Å². The minimum absolute atomic E-state index is 0.223. The highest BCUT2D eigenvalue weighted by atomic mass is 79.9. The summed E-state index contributed by atoms with van der Waals surface area (Å²) >= 11 is 3.47. The number of urea groups is 1. The van der Waals surface area contributed by atoms with Gasteiger partial charge in [0.2, 0.25) is 0 Å². The third kappa shape index (κ3) is 3.49. The van der Waals surface area contributed by atoms with Crippen LogP contribution in [0.1, 0.15) is 31.0 Å². The Labute approximate surface area is 127 Å². The maximum absolute atomic E-state index is 12.1. The zero-order chi connectivity index (χ0) is 14.8. The molecule has 20 heavy (non-hydrogen) atoms. The molecule has 2 amide bonds. The van der Waals surface area contributed by atoms with Crippen molar-refractivity contribution in [2.45, 2.75) is 39.2 Å². The molecule has 2 rings (SSSR count). The fourth-order valence-electron chi connectivity index (χ4n) is 2.29. The molecule has 2 N–H and O–H groups in total. The van der Waals surface area contributed by atoms with Crippen LogP contribution in [0.15, 0.2) is 10.7 Å². The molecule has 0 radical (unpaired) electrons. The molecule has 0 saturated carbocycles. The third-order valence-electron chi connectivity index (χ3n) is 3.54. The number of pyridine rings is 1. The number of aryl methyl sites for hydroxylation is 1. The van der Waals surface area contributed by atoms with Crippen molar-refractivity contribution in [2.24, 2.45) is 0 Å². The van der Waals surface area contributed by atoms with Crippen molar-refractivity contribution in [1.82, 2.24) is 10.3 Å². The van der Waals surface area contributed by atoms with Gasteiger partial charge in [0, 0.05) is 11.1 Å². The van der Waals surface area contributed by atoms with Crippen LogP contribution in [0.5, 0.6) is 0 Å². The number of nitrogens with zero attached hydrogens (tertiary/aromatic N) is 1. The van der Waals surface area contributed by atoms with Gasteiger partial charge < -0.3 is 15.4 Å². The second-order valence-electron chi connectivity index (χ2n) is 5.49. The van der Waals surface area contributed by atoms with Gasteiger partial charge in [-0.25, -0.2) is 4.79 Å². The van der Waals surface area contributed by atoms with Gasteiger partial charge in [-0.3, -0.25) is 4.98 Å². The van der Waals surface area contributed by atoms with Gasteiger partial charge in [-0.05, 0) is 55.1 Å². The Morgan fingerprint density at radius 1 is 1.50 bits per heavy atom. The summed E-state index contributed by atoms with van der Waals surface area (Å²) < 4.78 is 6.35. The number of rotatable bonds is 2. The van der Waals surface area contributed by atoms with Crippen molar-refractivity contribution in [3.8, 4) is 0 Å². The van der Waals surface area contributed by atoms with Crippen LogP contribution in [-0.4, -0.2) is 29.8 Å². The monoisotopic (exact) mass is 341 g/mol. The van der Waals surface area contributed by atoms with E-state index in [0.717, 1.165) is 35.2 Å². The molecule has 0 spiro atoms. The summed E-state index contributed by atoms with van der Waals surface area (Å²) in [6.45, 7) is 7.19. The Hall–Kier alpha value is -1.14. The lowest BCUT2D eigenvalue weighted by atomic mass is 9.95. The molecule has 1 saturated heterocycles. The van der Waals surface area contributed by atoms with Crippen molar-refractivity contribution in [3.05, 3.63) is 21.9 Å². The summed E-state index contributed by atoms with van der Waals surface area (Å²) in [6.07, 6.45) is 3.57. The van der Waals surface area contributed by atoms with Crippen LogP contribution in [0, 0.1) is 13.8 Å². The lowest BCUT2D eigenvalue weighted by Gasteiger charge is -2.34. The van der Waals surface area contributed by atoms with Gasteiger partial charge in [-0.1, -0.05) is 0 Å². The average Bonchev–Trinajstić information content (AvgIpc) is 2.40. The van der Waals surface area contributed by atoms with Crippen LogP contribution < -0.4 is 10.6 Å². The molecular formula is C14H20BrN3O2. The van der Waals surface area contributed by atoms with Gasteiger partial charge in [0.25, 0.3) is 0 Å². The average molecular weight is 342 g/mol. The van der Waals surface area contributed by atoms with Gasteiger partial charge in [0.15, 0.2) is 0 Å². The number of halogens is 1. The van der Waals surface area contributed by atoms with Crippen LogP contribution in [-0.2, 0) is 4.74 Å². The minimum atomic E-state index is -0.300. The van der Waals surface area contributed by atoms with E-state index in [1.54, 1.807) is 6.20 Å². The van der Waals surface area contributed by atoms with Crippen LogP contribution in [0.4, 0.5) is 10.5 Å². The van der Waals surface area contributed by atoms with Gasteiger partial charge in [-0.15, -0.1) is 0 Å². The number of hydrogen-bond donors (Lipinski definition) is 2. The number of nitrogens with one attached hydrogen (secondary N) is 2. The molecule has 1 aliphatic rings. The summed E-state index contributed by atoms with van der Waals surface area (Å²) in [6, 6.07) is -0.223. The van der Waals surface area contributed by atoms with Crippen molar-refractivity contribution >= 4 is 27.6 Å². The van der Waals surface area contributed by atoms with E-state index in [9.17, 15) is 4.79 Å². The largest absolute Gasteiger partial charge is 0.379 e. The van der Waals surface area contributed by atoms with Crippen LogP contribution in [0.3, 0.4) is 0 Å². The zero-order valence-corrected chi connectivity index (χ0v) is 13.6. The molecule has 1 aromatic rings. The Balaban J connectivity index is 2.03. The van der Waals surface area contributed by atoms with E-state index >= 15 is 0 Å². The SMILES string of the molecule is Cc1ncc(NC(=O)NC2(C)CCCOC2)c(C)c1Br. The molecule has 1 aromatic heterocycles. The van der Waals surface area contributed by atoms with E-state index in [1.807, 2.05) is 20.8 Å². The van der Waals surface area contributed by atoms with E-state index in [2.05, 4.69) is 31.5 Å². The third-order valence-corrected chi connectivity index (χ3v) is 4.71. The van der Waals surface area contributed by atoms with Crippen molar-refractivity contribution < 1.29 is 9.53 Å². The highest BCUT2D eigenvalue weighted by Gasteiger charge is 2.29. The van der Waals surface area contributed by atoms with E-state index in [0.29, 0.717) is 12.3 Å². The summed E-state index contributed by atoms with van der Waals surface area (Å²) in [5.41, 5.74) is 2.28. The molecule has 1 atom stereocenters. The molecule has 0 aromatic carbocycles. The van der Waals surface area contributed by atoms with Gasteiger partial charge in [-0.2, -0.15) is 0 Å². The van der Waals surface area contributed by atoms with Gasteiger partial charge >= 0.3 is 6.03 Å². The second-order valence-corrected chi connectivity index (χ2v) is 6.29. The molecule has 1 unspecified atom stereocenters. The molecular weight excluding hydrogens is 322 g/mol. The Kier molecular flexibility index (Phi) is 4.65. The summed E-state index contributed by atoms with van der Waals surface area (Å²) in [7, 11) is 0. The predicted octanol–water partition coefficient (Wildman–Crippen LogP) is 3.15. The fourth-order valence-corrected chi connectivity index (χ4v) is 2.61. The maximum atomic E-state index is 12.1. The molecule has 1 aliphatic heterocycles. The number of carbonyl (C=O) groups excluding carboxylic acids is 1. The highest BCUT2D eigenvalue weighted by molar-refractivity contribution is 9.10. The molecule has 6 heteroatoms. The predicted molar refractivity (Wildman–Crippen MR) is 82.0 cm³/mol. The zero-order valence-electron chi connectivity index (χ0n) is 12.0. The minimum Gasteiger partial charge on any atom is -0.379 e. The quantitative estimate of drug-likeness (QED) is 0.868. The lowest BCUT2D eigenvalue weighted by molar-refractivity contribution is 0.0342. The summed E-state index contributed by atoms with van der Waals surface area (Å²) in [5.74, 6) is 0. The molecule has 2 heterocycles. The number of hydrogen-bond acceptors (Lipinski definition) is 3. The first kappa shape index (κ1) is 15.3.